The van der Waals surface area contributed by atoms with Crippen LogP contribution in [0.25, 0.3) is 0 Å². The number of aliphatic hydroxyl groups excluding tert-OH is 1. The van der Waals surface area contributed by atoms with Crippen LogP contribution in [0.2, 0.25) is 0 Å². The highest BCUT2D eigenvalue weighted by molar-refractivity contribution is 5.39. The molecule has 1 saturated carbocycles. The van der Waals surface area contributed by atoms with Gasteiger partial charge in [0.25, 0.3) is 0 Å². The number of hydrogen-bond donors (Lipinski definition) is 1. The van der Waals surface area contributed by atoms with Crippen molar-refractivity contribution in [1.82, 2.24) is 4.90 Å². The van der Waals surface area contributed by atoms with Crippen molar-refractivity contribution in [3.63, 3.8) is 0 Å². The van der Waals surface area contributed by atoms with Gasteiger partial charge in [0.05, 0.1) is 12.7 Å². The second-order valence-electron chi connectivity index (χ2n) is 6.06. The van der Waals surface area contributed by atoms with E-state index in [9.17, 15) is 5.11 Å². The first-order valence-electron chi connectivity index (χ1n) is 8.03. The Bertz CT molecular complexity index is 465. The summed E-state index contributed by atoms with van der Waals surface area (Å²) in [7, 11) is 0. The van der Waals surface area contributed by atoms with E-state index in [0.29, 0.717) is 25.0 Å². The molecule has 1 aliphatic heterocycles. The summed E-state index contributed by atoms with van der Waals surface area (Å²) < 4.78 is 11.4. The topological polar surface area (TPSA) is 41.9 Å². The minimum absolute atomic E-state index is 0.0837. The van der Waals surface area contributed by atoms with Crippen LogP contribution < -0.4 is 9.47 Å². The molecule has 1 heterocycles. The van der Waals surface area contributed by atoms with Gasteiger partial charge in [-0.05, 0) is 37.8 Å². The zero-order chi connectivity index (χ0) is 14.7. The number of nitrogens with zero attached hydrogens (tertiary/aromatic N) is 1. The van der Waals surface area contributed by atoms with Crippen LogP contribution in [0.1, 0.15) is 19.8 Å². The van der Waals surface area contributed by atoms with Crippen LogP contribution in [0, 0.1) is 11.8 Å². The highest BCUT2D eigenvalue weighted by atomic mass is 16.5. The van der Waals surface area contributed by atoms with Crippen molar-refractivity contribution in [3.05, 3.63) is 24.3 Å². The summed E-state index contributed by atoms with van der Waals surface area (Å²) >= 11 is 0. The van der Waals surface area contributed by atoms with Gasteiger partial charge < -0.3 is 14.6 Å². The summed E-state index contributed by atoms with van der Waals surface area (Å²) in [4.78, 5) is 2.42. The second-order valence-corrected chi connectivity index (χ2v) is 6.06. The van der Waals surface area contributed by atoms with Crippen molar-refractivity contribution in [2.24, 2.45) is 11.8 Å². The summed E-state index contributed by atoms with van der Waals surface area (Å²) in [5.41, 5.74) is 0. The average Bonchev–Trinajstić information content (AvgIpc) is 3.03. The van der Waals surface area contributed by atoms with Gasteiger partial charge in [0.15, 0.2) is 11.5 Å². The maximum Gasteiger partial charge on any atom is 0.161 e. The first kappa shape index (κ1) is 14.7. The van der Waals surface area contributed by atoms with E-state index in [1.165, 1.54) is 6.42 Å². The molecular formula is C17H25NO3. The second kappa shape index (κ2) is 6.67. The van der Waals surface area contributed by atoms with Gasteiger partial charge >= 0.3 is 0 Å². The van der Waals surface area contributed by atoms with Gasteiger partial charge in [-0.1, -0.05) is 12.1 Å². The molecule has 21 heavy (non-hydrogen) atoms. The summed E-state index contributed by atoms with van der Waals surface area (Å²) in [6.07, 6.45) is 2.08. The first-order valence-corrected chi connectivity index (χ1v) is 8.03. The van der Waals surface area contributed by atoms with Gasteiger partial charge in [0.1, 0.15) is 6.61 Å². The fourth-order valence-electron chi connectivity index (χ4n) is 3.64. The molecule has 1 aliphatic carbocycles. The molecule has 1 saturated heterocycles. The molecule has 2 fully saturated rings. The molecule has 3 unspecified atom stereocenters. The Balaban J connectivity index is 1.47. The van der Waals surface area contributed by atoms with Crippen molar-refractivity contribution in [2.45, 2.75) is 25.9 Å². The van der Waals surface area contributed by atoms with Gasteiger partial charge in [-0.25, -0.2) is 0 Å². The molecule has 3 rings (SSSR count). The largest absolute Gasteiger partial charge is 0.490 e. The van der Waals surface area contributed by atoms with Crippen molar-refractivity contribution in [2.75, 3.05) is 32.8 Å². The maximum absolute atomic E-state index is 9.94. The van der Waals surface area contributed by atoms with Gasteiger partial charge in [-0.15, -0.1) is 0 Å². The van der Waals surface area contributed by atoms with Crippen molar-refractivity contribution < 1.29 is 14.6 Å². The number of benzene rings is 1. The average molecular weight is 291 g/mol. The molecule has 0 bridgehead atoms. The maximum atomic E-state index is 9.94. The van der Waals surface area contributed by atoms with E-state index in [1.54, 1.807) is 0 Å². The third-order valence-electron chi connectivity index (χ3n) is 4.71. The molecule has 116 valence electrons. The van der Waals surface area contributed by atoms with Gasteiger partial charge in [0.2, 0.25) is 0 Å². The molecule has 4 heteroatoms. The Hall–Kier alpha value is -1.26. The monoisotopic (exact) mass is 291 g/mol. The lowest BCUT2D eigenvalue weighted by Gasteiger charge is -2.18. The van der Waals surface area contributed by atoms with Crippen LogP contribution in [0.5, 0.6) is 11.5 Å². The number of para-hydroxylation sites is 2. The standard InChI is InChI=1S/C17H25NO3/c1-2-20-16-5-3-4-6-17(16)21-10-9-18-11-13-7-8-15(19)14(13)12-18/h3-6,13-15,19H,2,7-12H2,1H3. The Kier molecular flexibility index (Phi) is 4.66. The minimum Gasteiger partial charge on any atom is -0.490 e. The minimum atomic E-state index is -0.0837. The molecule has 0 radical (unpaired) electrons. The van der Waals surface area contributed by atoms with Crippen LogP contribution in [0.3, 0.4) is 0 Å². The molecule has 0 amide bonds. The predicted octanol–water partition coefficient (Wildman–Crippen LogP) is 2.17. The highest BCUT2D eigenvalue weighted by Crippen LogP contribution is 2.37. The lowest BCUT2D eigenvalue weighted by atomic mass is 10.00. The summed E-state index contributed by atoms with van der Waals surface area (Å²) in [5, 5.41) is 9.94. The molecule has 1 aromatic rings. The number of aliphatic hydroxyl groups is 1. The quantitative estimate of drug-likeness (QED) is 0.872. The third-order valence-corrected chi connectivity index (χ3v) is 4.71. The fourth-order valence-corrected chi connectivity index (χ4v) is 3.64. The van der Waals surface area contributed by atoms with Crippen LogP contribution in [-0.4, -0.2) is 49.0 Å². The Morgan fingerprint density at radius 3 is 2.62 bits per heavy atom. The Morgan fingerprint density at radius 1 is 1.14 bits per heavy atom. The number of likely N-dealkylation sites (tertiary alicyclic amines) is 1. The summed E-state index contributed by atoms with van der Waals surface area (Å²) in [6, 6.07) is 7.82. The van der Waals surface area contributed by atoms with Crippen LogP contribution >= 0.6 is 0 Å². The van der Waals surface area contributed by atoms with E-state index >= 15 is 0 Å². The van der Waals surface area contributed by atoms with Crippen LogP contribution in [-0.2, 0) is 0 Å². The molecule has 0 aromatic heterocycles. The molecule has 1 N–H and O–H groups in total. The summed E-state index contributed by atoms with van der Waals surface area (Å²) in [5.74, 6) is 2.81. The zero-order valence-electron chi connectivity index (χ0n) is 12.7. The van der Waals surface area contributed by atoms with Gasteiger partial charge in [-0.2, -0.15) is 0 Å². The van der Waals surface area contributed by atoms with Gasteiger partial charge in [-0.3, -0.25) is 4.90 Å². The normalized spacial score (nSPS) is 28.6. The summed E-state index contributed by atoms with van der Waals surface area (Å²) in [6.45, 7) is 6.33. The third kappa shape index (κ3) is 3.33. The molecule has 1 aromatic carbocycles. The SMILES string of the molecule is CCOc1ccccc1OCCN1CC2CCC(O)C2C1. The van der Waals surface area contributed by atoms with E-state index in [-0.39, 0.29) is 6.10 Å². The number of rotatable bonds is 6. The number of fused-ring (bicyclic) bond motifs is 1. The lowest BCUT2D eigenvalue weighted by Crippen LogP contribution is -2.28. The van der Waals surface area contributed by atoms with E-state index < -0.39 is 0 Å². The molecule has 0 spiro atoms. The van der Waals surface area contributed by atoms with Crippen molar-refractivity contribution in [3.8, 4) is 11.5 Å². The molecule has 4 nitrogen and oxygen atoms in total. The first-order chi connectivity index (χ1) is 10.3. The fraction of sp³-hybridized carbons (Fsp3) is 0.647. The van der Waals surface area contributed by atoms with Crippen LogP contribution in [0.15, 0.2) is 24.3 Å². The van der Waals surface area contributed by atoms with Gasteiger partial charge in [0, 0.05) is 25.6 Å². The van der Waals surface area contributed by atoms with E-state index in [2.05, 4.69) is 4.90 Å². The van der Waals surface area contributed by atoms with E-state index in [1.807, 2.05) is 31.2 Å². The van der Waals surface area contributed by atoms with Crippen LogP contribution in [0.4, 0.5) is 0 Å². The molecule has 3 atom stereocenters. The number of hydrogen-bond acceptors (Lipinski definition) is 4. The Labute approximate surface area is 126 Å². The molecular weight excluding hydrogens is 266 g/mol. The van der Waals surface area contributed by atoms with Crippen molar-refractivity contribution in [1.29, 1.82) is 0 Å². The Morgan fingerprint density at radius 2 is 1.90 bits per heavy atom. The molecule has 2 aliphatic rings. The van der Waals surface area contributed by atoms with Crippen molar-refractivity contribution >= 4 is 0 Å². The lowest BCUT2D eigenvalue weighted by molar-refractivity contribution is 0.122. The van der Waals surface area contributed by atoms with E-state index in [0.717, 1.165) is 37.6 Å². The smallest absolute Gasteiger partial charge is 0.161 e. The number of ether oxygens (including phenoxy) is 2. The van der Waals surface area contributed by atoms with E-state index in [4.69, 9.17) is 9.47 Å². The zero-order valence-corrected chi connectivity index (χ0v) is 12.7. The highest BCUT2D eigenvalue weighted by Gasteiger charge is 2.41. The predicted molar refractivity (Wildman–Crippen MR) is 81.8 cm³/mol.